The molecule has 0 aliphatic heterocycles. The minimum atomic E-state index is -0.353. The number of nitrogens with one attached hydrogen (secondary N) is 2. The van der Waals surface area contributed by atoms with Crippen LogP contribution in [0.1, 0.15) is 27.8 Å². The fraction of sp³-hybridized carbons (Fsp3) is 0.214. The fourth-order valence-corrected chi connectivity index (χ4v) is 1.88. The summed E-state index contributed by atoms with van der Waals surface area (Å²) in [7, 11) is 1.51. The van der Waals surface area contributed by atoms with Crippen LogP contribution in [0.25, 0.3) is 0 Å². The predicted molar refractivity (Wildman–Crippen MR) is 80.7 cm³/mol. The van der Waals surface area contributed by atoms with Crippen molar-refractivity contribution < 1.29 is 9.59 Å². The second-order valence-electron chi connectivity index (χ2n) is 4.29. The lowest BCUT2D eigenvalue weighted by Gasteiger charge is -2.04. The van der Waals surface area contributed by atoms with Gasteiger partial charge >= 0.3 is 0 Å². The van der Waals surface area contributed by atoms with Gasteiger partial charge < -0.3 is 10.6 Å². The van der Waals surface area contributed by atoms with Crippen LogP contribution < -0.4 is 10.6 Å². The van der Waals surface area contributed by atoms with E-state index in [1.807, 2.05) is 6.92 Å². The van der Waals surface area contributed by atoms with Crippen molar-refractivity contribution >= 4 is 29.1 Å². The highest BCUT2D eigenvalue weighted by atomic mass is 35.5. The van der Waals surface area contributed by atoms with Crippen molar-refractivity contribution in [3.63, 3.8) is 0 Å². The Kier molecular flexibility index (Phi) is 4.59. The first-order chi connectivity index (χ1) is 10.0. The van der Waals surface area contributed by atoms with Gasteiger partial charge in [-0.05, 0) is 31.2 Å². The van der Waals surface area contributed by atoms with E-state index in [4.69, 9.17) is 11.6 Å². The molecule has 2 aromatic rings. The van der Waals surface area contributed by atoms with Gasteiger partial charge in [-0.15, -0.1) is 0 Å². The van der Waals surface area contributed by atoms with Crippen LogP contribution in [0.4, 0.5) is 5.69 Å². The van der Waals surface area contributed by atoms with Gasteiger partial charge in [-0.3, -0.25) is 14.3 Å². The molecule has 0 aliphatic rings. The number of carbonyl (C=O) groups is 2. The lowest BCUT2D eigenvalue weighted by molar-refractivity contribution is 0.0958. The zero-order valence-corrected chi connectivity index (χ0v) is 12.4. The topological polar surface area (TPSA) is 76.0 Å². The molecule has 110 valence electrons. The highest BCUT2D eigenvalue weighted by molar-refractivity contribution is 6.30. The summed E-state index contributed by atoms with van der Waals surface area (Å²) in [5.74, 6) is -0.680. The zero-order chi connectivity index (χ0) is 15.4. The number of nitrogens with zero attached hydrogens (tertiary/aromatic N) is 2. The van der Waals surface area contributed by atoms with Crippen molar-refractivity contribution in [1.82, 2.24) is 15.1 Å². The molecule has 0 unspecified atom stereocenters. The van der Waals surface area contributed by atoms with Crippen LogP contribution >= 0.6 is 11.6 Å². The summed E-state index contributed by atoms with van der Waals surface area (Å²) in [6.45, 7) is 2.49. The largest absolute Gasteiger partial charge is 0.354 e. The van der Waals surface area contributed by atoms with Gasteiger partial charge in [0.1, 0.15) is 0 Å². The highest BCUT2D eigenvalue weighted by Gasteiger charge is 2.17. The molecule has 21 heavy (non-hydrogen) atoms. The van der Waals surface area contributed by atoms with Crippen molar-refractivity contribution in [2.24, 2.45) is 0 Å². The standard InChI is InChI=1S/C14H15ClN4O2/c1-3-19-8-11(12(18-19)14(21)16-2)17-13(20)9-4-6-10(15)7-5-9/h4-8H,3H2,1-2H3,(H,16,21)(H,17,20). The molecule has 6 nitrogen and oxygen atoms in total. The van der Waals surface area contributed by atoms with Crippen LogP contribution in [0, 0.1) is 0 Å². The van der Waals surface area contributed by atoms with Gasteiger partial charge in [0.05, 0.1) is 5.69 Å². The molecule has 7 heteroatoms. The predicted octanol–water partition coefficient (Wildman–Crippen LogP) is 2.17. The fourth-order valence-electron chi connectivity index (χ4n) is 1.76. The summed E-state index contributed by atoms with van der Waals surface area (Å²) in [6.07, 6.45) is 1.62. The van der Waals surface area contributed by atoms with Gasteiger partial charge in [-0.2, -0.15) is 5.10 Å². The number of aromatic nitrogens is 2. The molecule has 2 rings (SSSR count). The Morgan fingerprint density at radius 1 is 1.24 bits per heavy atom. The lowest BCUT2D eigenvalue weighted by atomic mass is 10.2. The maximum absolute atomic E-state index is 12.2. The smallest absolute Gasteiger partial charge is 0.273 e. The molecule has 0 atom stereocenters. The van der Waals surface area contributed by atoms with E-state index < -0.39 is 0 Å². The van der Waals surface area contributed by atoms with Crippen LogP contribution in [-0.4, -0.2) is 28.6 Å². The number of hydrogen-bond donors (Lipinski definition) is 2. The van der Waals surface area contributed by atoms with Gasteiger partial charge in [-0.1, -0.05) is 11.6 Å². The normalized spacial score (nSPS) is 10.2. The Morgan fingerprint density at radius 3 is 2.48 bits per heavy atom. The maximum Gasteiger partial charge on any atom is 0.273 e. The molecule has 0 saturated heterocycles. The van der Waals surface area contributed by atoms with E-state index in [0.717, 1.165) is 0 Å². The molecular formula is C14H15ClN4O2. The highest BCUT2D eigenvalue weighted by Crippen LogP contribution is 2.16. The number of rotatable bonds is 4. The third-order valence-corrected chi connectivity index (χ3v) is 3.13. The second kappa shape index (κ2) is 6.41. The van der Waals surface area contributed by atoms with Gasteiger partial charge in [-0.25, -0.2) is 0 Å². The van der Waals surface area contributed by atoms with Crippen LogP contribution in [0.5, 0.6) is 0 Å². The molecular weight excluding hydrogens is 292 g/mol. The van der Waals surface area contributed by atoms with Crippen molar-refractivity contribution in [3.05, 3.63) is 46.7 Å². The number of aryl methyl sites for hydroxylation is 1. The summed E-state index contributed by atoms with van der Waals surface area (Å²) in [4.78, 5) is 23.9. The van der Waals surface area contributed by atoms with E-state index >= 15 is 0 Å². The molecule has 1 aromatic carbocycles. The van der Waals surface area contributed by atoms with Gasteiger partial charge in [0, 0.05) is 30.4 Å². The van der Waals surface area contributed by atoms with Crippen molar-refractivity contribution in [3.8, 4) is 0 Å². The molecule has 0 bridgehead atoms. The van der Waals surface area contributed by atoms with E-state index in [2.05, 4.69) is 15.7 Å². The molecule has 1 heterocycles. The van der Waals surface area contributed by atoms with Crippen LogP contribution in [0.15, 0.2) is 30.5 Å². The Hall–Kier alpha value is -2.34. The Labute approximate surface area is 127 Å². The molecule has 1 aromatic heterocycles. The summed E-state index contributed by atoms with van der Waals surface area (Å²) < 4.78 is 1.59. The number of carbonyl (C=O) groups excluding carboxylic acids is 2. The minimum absolute atomic E-state index is 0.182. The first kappa shape index (κ1) is 15.1. The van der Waals surface area contributed by atoms with Crippen molar-refractivity contribution in [1.29, 1.82) is 0 Å². The summed E-state index contributed by atoms with van der Waals surface area (Å²) >= 11 is 5.79. The van der Waals surface area contributed by atoms with E-state index in [1.165, 1.54) is 7.05 Å². The first-order valence-corrected chi connectivity index (χ1v) is 6.79. The van der Waals surface area contributed by atoms with Crippen LogP contribution in [0.3, 0.4) is 0 Å². The molecule has 0 fully saturated rings. The number of hydrogen-bond acceptors (Lipinski definition) is 3. The average molecular weight is 307 g/mol. The van der Waals surface area contributed by atoms with E-state index in [-0.39, 0.29) is 17.5 Å². The van der Waals surface area contributed by atoms with E-state index in [9.17, 15) is 9.59 Å². The van der Waals surface area contributed by atoms with Gasteiger partial charge in [0.2, 0.25) is 0 Å². The third kappa shape index (κ3) is 3.41. The third-order valence-electron chi connectivity index (χ3n) is 2.88. The summed E-state index contributed by atoms with van der Waals surface area (Å²) in [5, 5.41) is 9.87. The summed E-state index contributed by atoms with van der Waals surface area (Å²) in [5.41, 5.74) is 1.00. The average Bonchev–Trinajstić information content (AvgIpc) is 2.90. The van der Waals surface area contributed by atoms with Crippen molar-refractivity contribution in [2.75, 3.05) is 12.4 Å². The van der Waals surface area contributed by atoms with Crippen molar-refractivity contribution in [2.45, 2.75) is 13.5 Å². The Bertz CT molecular complexity index is 664. The molecule has 0 saturated carbocycles. The van der Waals surface area contributed by atoms with E-state index in [0.29, 0.717) is 22.8 Å². The SMILES string of the molecule is CCn1cc(NC(=O)c2ccc(Cl)cc2)c(C(=O)NC)n1. The number of amides is 2. The minimum Gasteiger partial charge on any atom is -0.354 e. The number of anilines is 1. The monoisotopic (exact) mass is 306 g/mol. The maximum atomic E-state index is 12.2. The number of halogens is 1. The zero-order valence-electron chi connectivity index (χ0n) is 11.7. The summed E-state index contributed by atoms with van der Waals surface area (Å²) in [6, 6.07) is 6.49. The Morgan fingerprint density at radius 2 is 1.90 bits per heavy atom. The van der Waals surface area contributed by atoms with Crippen LogP contribution in [0.2, 0.25) is 5.02 Å². The van der Waals surface area contributed by atoms with E-state index in [1.54, 1.807) is 35.1 Å². The molecule has 0 spiro atoms. The number of benzene rings is 1. The van der Waals surface area contributed by atoms with Gasteiger partial charge in [0.15, 0.2) is 5.69 Å². The molecule has 2 N–H and O–H groups in total. The molecule has 2 amide bonds. The van der Waals surface area contributed by atoms with Crippen LogP contribution in [-0.2, 0) is 6.54 Å². The quantitative estimate of drug-likeness (QED) is 0.909. The second-order valence-corrected chi connectivity index (χ2v) is 4.72. The first-order valence-electron chi connectivity index (χ1n) is 6.41. The molecule has 0 radical (unpaired) electrons. The lowest BCUT2D eigenvalue weighted by Crippen LogP contribution is -2.21. The Balaban J connectivity index is 2.26. The van der Waals surface area contributed by atoms with Gasteiger partial charge in [0.25, 0.3) is 11.8 Å². The molecule has 0 aliphatic carbocycles.